The van der Waals surface area contributed by atoms with Crippen LogP contribution in [0.15, 0.2) is 64.0 Å². The lowest BCUT2D eigenvalue weighted by Crippen LogP contribution is -2.55. The highest BCUT2D eigenvalue weighted by atomic mass is 35.5. The summed E-state index contributed by atoms with van der Waals surface area (Å²) in [7, 11) is 1.58. The molecule has 1 aromatic carbocycles. The number of hydrogen-bond acceptors (Lipinski definition) is 4. The third kappa shape index (κ3) is 4.65. The number of allylic oxidation sites excluding steroid dienone is 2. The summed E-state index contributed by atoms with van der Waals surface area (Å²) in [5.74, 6) is -0.458. The predicted molar refractivity (Wildman–Crippen MR) is 112 cm³/mol. The van der Waals surface area contributed by atoms with Gasteiger partial charge in [0.25, 0.3) is 0 Å². The number of amides is 1. The van der Waals surface area contributed by atoms with Crippen molar-refractivity contribution in [1.29, 1.82) is 0 Å². The molecule has 1 amide bonds. The zero-order valence-electron chi connectivity index (χ0n) is 16.4. The van der Waals surface area contributed by atoms with Crippen LogP contribution >= 0.6 is 11.6 Å². The Bertz CT molecular complexity index is 1050. The van der Waals surface area contributed by atoms with Gasteiger partial charge in [0.05, 0.1) is 19.1 Å². The topological polar surface area (TPSA) is 86.3 Å². The molecule has 8 nitrogen and oxygen atoms in total. The Morgan fingerprint density at radius 2 is 1.45 bits per heavy atom. The molecular weight excluding hydrogens is 396 g/mol. The summed E-state index contributed by atoms with van der Waals surface area (Å²) in [5.41, 5.74) is -1.65. The van der Waals surface area contributed by atoms with Crippen molar-refractivity contribution >= 4 is 17.5 Å². The Morgan fingerprint density at radius 1 is 1.00 bits per heavy atom. The lowest BCUT2D eigenvalue weighted by molar-refractivity contribution is -0.132. The normalized spacial score (nSPS) is 11.7. The van der Waals surface area contributed by atoms with E-state index in [9.17, 15) is 19.2 Å². The number of carbonyl (C=O) groups is 1. The van der Waals surface area contributed by atoms with E-state index in [1.54, 1.807) is 31.3 Å². The summed E-state index contributed by atoms with van der Waals surface area (Å²) < 4.78 is 2.46. The minimum absolute atomic E-state index is 0.0830. The predicted octanol–water partition coefficient (Wildman–Crippen LogP) is 1.42. The van der Waals surface area contributed by atoms with Crippen LogP contribution in [-0.4, -0.2) is 31.6 Å². The van der Waals surface area contributed by atoms with Gasteiger partial charge in [0.1, 0.15) is 6.54 Å². The monoisotopic (exact) mass is 418 g/mol. The molecule has 0 saturated heterocycles. The van der Waals surface area contributed by atoms with Crippen molar-refractivity contribution in [3.8, 4) is 0 Å². The second-order valence-corrected chi connectivity index (χ2v) is 6.90. The molecule has 0 radical (unpaired) electrons. The number of benzene rings is 1. The van der Waals surface area contributed by atoms with E-state index < -0.39 is 29.5 Å². The molecule has 1 aromatic heterocycles. The fourth-order valence-electron chi connectivity index (χ4n) is 2.82. The maximum atomic E-state index is 12.8. The zero-order chi connectivity index (χ0) is 21.7. The van der Waals surface area contributed by atoms with Gasteiger partial charge in [0, 0.05) is 12.1 Å². The Hall–Kier alpha value is -3.13. The van der Waals surface area contributed by atoms with Gasteiger partial charge >= 0.3 is 17.1 Å². The summed E-state index contributed by atoms with van der Waals surface area (Å²) in [6, 6.07) is 6.71. The lowest BCUT2D eigenvalue weighted by Gasteiger charge is -2.25. The van der Waals surface area contributed by atoms with Crippen molar-refractivity contribution in [3.63, 3.8) is 0 Å². The highest BCUT2D eigenvalue weighted by Crippen LogP contribution is 2.20. The molecule has 2 rings (SSSR count). The minimum atomic E-state index is -0.860. The number of aromatic nitrogens is 3. The van der Waals surface area contributed by atoms with Crippen LogP contribution in [0, 0.1) is 0 Å². The highest BCUT2D eigenvalue weighted by Gasteiger charge is 2.21. The molecule has 9 heteroatoms. The summed E-state index contributed by atoms with van der Waals surface area (Å²) in [5, 5.41) is 0.578. The van der Waals surface area contributed by atoms with Crippen LogP contribution in [0.25, 0.3) is 0 Å². The Balaban J connectivity index is 2.42. The number of carbonyl (C=O) groups excluding carboxylic acids is 1. The molecule has 0 aliphatic rings. The highest BCUT2D eigenvalue weighted by molar-refractivity contribution is 6.30. The smallest absolute Gasteiger partial charge is 0.337 e. The average molecular weight is 419 g/mol. The Labute approximate surface area is 172 Å². The first-order valence-corrected chi connectivity index (χ1v) is 9.28. The molecule has 0 aliphatic carbocycles. The second-order valence-electron chi connectivity index (χ2n) is 6.46. The van der Waals surface area contributed by atoms with Gasteiger partial charge in [-0.3, -0.25) is 4.79 Å². The largest absolute Gasteiger partial charge is 0.337 e. The molecule has 1 atom stereocenters. The molecule has 0 N–H and O–H groups in total. The molecule has 29 heavy (non-hydrogen) atoms. The fraction of sp³-hybridized carbons (Fsp3) is 0.300. The lowest BCUT2D eigenvalue weighted by atomic mass is 10.1. The summed E-state index contributed by atoms with van der Waals surface area (Å²) in [6.07, 6.45) is 2.73. The first kappa shape index (κ1) is 22.2. The van der Waals surface area contributed by atoms with E-state index in [1.165, 1.54) is 17.1 Å². The van der Waals surface area contributed by atoms with Gasteiger partial charge in [0.2, 0.25) is 5.91 Å². The molecule has 1 unspecified atom stereocenters. The Morgan fingerprint density at radius 3 is 1.90 bits per heavy atom. The number of nitrogens with zero attached hydrogens (tertiary/aromatic N) is 4. The van der Waals surface area contributed by atoms with Gasteiger partial charge in [-0.05, 0) is 24.6 Å². The third-order valence-electron chi connectivity index (χ3n) is 4.63. The Kier molecular flexibility index (Phi) is 7.17. The number of hydrogen-bond donors (Lipinski definition) is 0. The van der Waals surface area contributed by atoms with Crippen LogP contribution in [0.3, 0.4) is 0 Å². The van der Waals surface area contributed by atoms with Crippen LogP contribution in [0.2, 0.25) is 5.02 Å². The molecule has 0 saturated carbocycles. The molecule has 154 valence electrons. The molecule has 0 spiro atoms. The van der Waals surface area contributed by atoms with E-state index >= 15 is 0 Å². The summed E-state index contributed by atoms with van der Waals surface area (Å²) >= 11 is 5.90. The van der Waals surface area contributed by atoms with Crippen LogP contribution in [0.5, 0.6) is 0 Å². The number of likely N-dealkylation sites (N-methyl/N-ethyl adjacent to an activating group) is 1. The maximum Gasteiger partial charge on any atom is 0.337 e. The van der Waals surface area contributed by atoms with Gasteiger partial charge in [-0.2, -0.15) is 0 Å². The second kappa shape index (κ2) is 9.38. The van der Waals surface area contributed by atoms with E-state index in [1.807, 2.05) is 6.92 Å². The molecule has 0 aliphatic heterocycles. The van der Waals surface area contributed by atoms with Crippen molar-refractivity contribution in [2.24, 2.45) is 0 Å². The van der Waals surface area contributed by atoms with E-state index in [4.69, 9.17) is 11.6 Å². The molecule has 2 aromatic rings. The van der Waals surface area contributed by atoms with Crippen LogP contribution < -0.4 is 17.1 Å². The number of halogens is 1. The summed E-state index contributed by atoms with van der Waals surface area (Å²) in [6.45, 7) is 8.19. The average Bonchev–Trinajstić information content (AvgIpc) is 2.71. The van der Waals surface area contributed by atoms with Gasteiger partial charge in [0.15, 0.2) is 0 Å². The van der Waals surface area contributed by atoms with Gasteiger partial charge in [-0.1, -0.05) is 35.9 Å². The van der Waals surface area contributed by atoms with Crippen LogP contribution in [0.1, 0.15) is 18.5 Å². The number of rotatable bonds is 8. The first-order valence-electron chi connectivity index (χ1n) is 8.90. The molecule has 1 heterocycles. The van der Waals surface area contributed by atoms with Crippen molar-refractivity contribution in [1.82, 2.24) is 18.6 Å². The van der Waals surface area contributed by atoms with E-state index in [0.29, 0.717) is 5.02 Å². The zero-order valence-corrected chi connectivity index (χ0v) is 17.1. The van der Waals surface area contributed by atoms with Gasteiger partial charge < -0.3 is 4.90 Å². The first-order chi connectivity index (χ1) is 13.7. The van der Waals surface area contributed by atoms with Gasteiger partial charge in [-0.25, -0.2) is 28.1 Å². The van der Waals surface area contributed by atoms with Crippen molar-refractivity contribution in [3.05, 3.63) is 91.6 Å². The molecular formula is C20H23ClN4O4. The molecule has 0 fully saturated rings. The maximum absolute atomic E-state index is 12.8. The van der Waals surface area contributed by atoms with Gasteiger partial charge in [-0.15, -0.1) is 13.2 Å². The third-order valence-corrected chi connectivity index (χ3v) is 4.88. The van der Waals surface area contributed by atoms with Crippen molar-refractivity contribution in [2.75, 3.05) is 7.05 Å². The van der Waals surface area contributed by atoms with E-state index in [-0.39, 0.29) is 19.1 Å². The quantitative estimate of drug-likeness (QED) is 0.606. The van der Waals surface area contributed by atoms with Crippen LogP contribution in [-0.2, 0) is 24.4 Å². The van der Waals surface area contributed by atoms with Crippen molar-refractivity contribution in [2.45, 2.75) is 32.6 Å². The SMILES string of the molecule is C=CCn1c(=O)n(CC=C)c(=O)n(CC(=O)N(C)C(C)c2ccc(Cl)cc2)c1=O. The standard InChI is InChI=1S/C20H23ClN4O4/c1-5-11-23-18(27)24(12-6-2)20(29)25(19(23)28)13-17(26)22(4)14(3)15-7-9-16(21)10-8-15/h5-10,14H,1-2,11-13H2,3-4H3. The minimum Gasteiger partial charge on any atom is -0.337 e. The molecule has 0 bridgehead atoms. The summed E-state index contributed by atoms with van der Waals surface area (Å²) in [4.78, 5) is 51.9. The fourth-order valence-corrected chi connectivity index (χ4v) is 2.94. The van der Waals surface area contributed by atoms with E-state index in [0.717, 1.165) is 19.3 Å². The van der Waals surface area contributed by atoms with Crippen molar-refractivity contribution < 1.29 is 4.79 Å². The van der Waals surface area contributed by atoms with E-state index in [2.05, 4.69) is 13.2 Å². The van der Waals surface area contributed by atoms with Crippen LogP contribution in [0.4, 0.5) is 0 Å².